The summed E-state index contributed by atoms with van der Waals surface area (Å²) in [4.78, 5) is 45.3. The van der Waals surface area contributed by atoms with Gasteiger partial charge in [-0.05, 0) is 37.0 Å². The first kappa shape index (κ1) is 20.8. The lowest BCUT2D eigenvalue weighted by Crippen LogP contribution is -2.48. The number of aromatic nitrogens is 1. The molecule has 0 bridgehead atoms. The molecule has 4 rings (SSSR count). The molecule has 0 aromatic carbocycles. The zero-order valence-corrected chi connectivity index (χ0v) is 17.3. The van der Waals surface area contributed by atoms with Crippen LogP contribution in [0.3, 0.4) is 0 Å². The smallest absolute Gasteiger partial charge is 0.245 e. The van der Waals surface area contributed by atoms with Crippen molar-refractivity contribution >= 4 is 17.7 Å². The number of nitrogens with zero attached hydrogens (tertiary/aromatic N) is 3. The fraction of sp³-hybridized carbons (Fsp3) is 0.636. The van der Waals surface area contributed by atoms with Crippen LogP contribution in [0.15, 0.2) is 24.5 Å². The first-order valence-corrected chi connectivity index (χ1v) is 11.0. The average Bonchev–Trinajstić information content (AvgIpc) is 3.14. The summed E-state index contributed by atoms with van der Waals surface area (Å²) in [5.74, 6) is -0.310. The van der Waals surface area contributed by atoms with E-state index >= 15 is 0 Å². The Morgan fingerprint density at radius 3 is 2.57 bits per heavy atom. The first-order valence-electron chi connectivity index (χ1n) is 11.0. The summed E-state index contributed by atoms with van der Waals surface area (Å²) in [6, 6.07) is 3.49. The summed E-state index contributed by atoms with van der Waals surface area (Å²) in [5.41, 5.74) is 1.01. The Balaban J connectivity index is 1.48. The molecule has 0 unspecified atom stereocenters. The van der Waals surface area contributed by atoms with E-state index < -0.39 is 6.04 Å². The largest absolute Gasteiger partial charge is 0.370 e. The van der Waals surface area contributed by atoms with Crippen LogP contribution in [0, 0.1) is 0 Å². The van der Waals surface area contributed by atoms with E-state index in [4.69, 9.17) is 4.74 Å². The second-order valence-corrected chi connectivity index (χ2v) is 8.50. The van der Waals surface area contributed by atoms with Crippen molar-refractivity contribution in [1.82, 2.24) is 20.1 Å². The van der Waals surface area contributed by atoms with Gasteiger partial charge in [0.25, 0.3) is 0 Å². The summed E-state index contributed by atoms with van der Waals surface area (Å²) < 4.78 is 6.18. The van der Waals surface area contributed by atoms with Crippen molar-refractivity contribution in [2.45, 2.75) is 69.7 Å². The Kier molecular flexibility index (Phi) is 6.62. The molecule has 3 fully saturated rings. The van der Waals surface area contributed by atoms with Crippen molar-refractivity contribution in [3.05, 3.63) is 30.1 Å². The van der Waals surface area contributed by atoms with E-state index in [1.54, 1.807) is 17.3 Å². The fourth-order valence-electron chi connectivity index (χ4n) is 4.67. The molecule has 0 radical (unpaired) electrons. The third-order valence-corrected chi connectivity index (χ3v) is 6.33. The molecule has 162 valence electrons. The molecule has 3 amide bonds. The Hall–Kier alpha value is -2.48. The zero-order chi connectivity index (χ0) is 20.9. The lowest BCUT2D eigenvalue weighted by molar-refractivity contribution is -0.141. The van der Waals surface area contributed by atoms with E-state index in [1.807, 2.05) is 17.0 Å². The topological polar surface area (TPSA) is 91.8 Å². The number of hydrogen-bond acceptors (Lipinski definition) is 5. The average molecular weight is 415 g/mol. The van der Waals surface area contributed by atoms with Crippen LogP contribution in [0.4, 0.5) is 0 Å². The molecule has 0 spiro atoms. The van der Waals surface area contributed by atoms with Crippen LogP contribution in [-0.4, -0.2) is 70.3 Å². The Bertz CT molecular complexity index is 766. The Labute approximate surface area is 177 Å². The minimum Gasteiger partial charge on any atom is -0.370 e. The number of nitrogens with one attached hydrogen (secondary N) is 1. The zero-order valence-electron chi connectivity index (χ0n) is 17.3. The predicted molar refractivity (Wildman–Crippen MR) is 109 cm³/mol. The van der Waals surface area contributed by atoms with Gasteiger partial charge in [-0.25, -0.2) is 0 Å². The first-order chi connectivity index (χ1) is 14.6. The summed E-state index contributed by atoms with van der Waals surface area (Å²) in [6.45, 7) is 1.31. The van der Waals surface area contributed by atoms with Gasteiger partial charge in [-0.15, -0.1) is 0 Å². The van der Waals surface area contributed by atoms with Crippen LogP contribution in [0.5, 0.6) is 0 Å². The normalized spacial score (nSPS) is 25.9. The van der Waals surface area contributed by atoms with Crippen molar-refractivity contribution in [2.24, 2.45) is 0 Å². The van der Waals surface area contributed by atoms with Gasteiger partial charge in [-0.3, -0.25) is 19.4 Å². The summed E-state index contributed by atoms with van der Waals surface area (Å²) >= 11 is 0. The second kappa shape index (κ2) is 9.55. The van der Waals surface area contributed by atoms with Crippen molar-refractivity contribution < 1.29 is 19.1 Å². The highest BCUT2D eigenvalue weighted by atomic mass is 16.5. The molecular formula is C22H30N4O4. The van der Waals surface area contributed by atoms with Gasteiger partial charge in [0.1, 0.15) is 6.04 Å². The molecule has 1 aromatic rings. The van der Waals surface area contributed by atoms with E-state index in [1.165, 1.54) is 6.42 Å². The molecule has 8 nitrogen and oxygen atoms in total. The van der Waals surface area contributed by atoms with E-state index in [0.717, 1.165) is 31.2 Å². The summed E-state index contributed by atoms with van der Waals surface area (Å²) in [5, 5.41) is 2.73. The minimum atomic E-state index is -0.535. The lowest BCUT2D eigenvalue weighted by atomic mass is 9.94. The van der Waals surface area contributed by atoms with Gasteiger partial charge in [0, 0.05) is 37.9 Å². The molecule has 1 aromatic heterocycles. The molecule has 30 heavy (non-hydrogen) atoms. The van der Waals surface area contributed by atoms with Crippen LogP contribution in [0.1, 0.15) is 50.5 Å². The quantitative estimate of drug-likeness (QED) is 0.783. The number of rotatable bonds is 5. The van der Waals surface area contributed by atoms with Gasteiger partial charge in [0.05, 0.1) is 19.3 Å². The SMILES string of the molecule is O=C1CC[C@@H](C(=O)N2CC(=O)N(C3CCCCC3)C[C@@H](OCc3ccncc3)C2)N1. The van der Waals surface area contributed by atoms with Crippen molar-refractivity contribution in [3.63, 3.8) is 0 Å². The van der Waals surface area contributed by atoms with Crippen molar-refractivity contribution in [1.29, 1.82) is 0 Å². The predicted octanol–water partition coefficient (Wildman–Crippen LogP) is 1.25. The van der Waals surface area contributed by atoms with E-state index in [9.17, 15) is 14.4 Å². The van der Waals surface area contributed by atoms with Gasteiger partial charge in [0.15, 0.2) is 0 Å². The molecule has 3 aliphatic rings. The molecular weight excluding hydrogens is 384 g/mol. The fourth-order valence-corrected chi connectivity index (χ4v) is 4.67. The molecule has 2 atom stereocenters. The highest BCUT2D eigenvalue weighted by molar-refractivity contribution is 5.93. The molecule has 2 aliphatic heterocycles. The molecule has 8 heteroatoms. The number of ether oxygens (including phenoxy) is 1. The lowest BCUT2D eigenvalue weighted by Gasteiger charge is -2.34. The summed E-state index contributed by atoms with van der Waals surface area (Å²) in [6.07, 6.45) is 9.52. The van der Waals surface area contributed by atoms with Crippen LogP contribution in [0.25, 0.3) is 0 Å². The molecule has 1 saturated carbocycles. The van der Waals surface area contributed by atoms with Gasteiger partial charge >= 0.3 is 0 Å². The standard InChI is InChI=1S/C22H30N4O4/c27-20-7-6-19(24-20)22(29)25-12-18(30-15-16-8-10-23-11-9-16)13-26(21(28)14-25)17-4-2-1-3-5-17/h8-11,17-19H,1-7,12-15H2,(H,24,27)/t18-,19-/m0/s1. The maximum atomic E-state index is 13.1. The number of hydrogen-bond donors (Lipinski definition) is 1. The third kappa shape index (κ3) is 4.98. The van der Waals surface area contributed by atoms with Crippen LogP contribution in [-0.2, 0) is 25.7 Å². The van der Waals surface area contributed by atoms with Crippen LogP contribution >= 0.6 is 0 Å². The number of carbonyl (C=O) groups excluding carboxylic acids is 3. The van der Waals surface area contributed by atoms with E-state index in [-0.39, 0.29) is 36.4 Å². The number of pyridine rings is 1. The molecule has 3 heterocycles. The van der Waals surface area contributed by atoms with E-state index in [2.05, 4.69) is 10.3 Å². The van der Waals surface area contributed by atoms with Gasteiger partial charge in [-0.1, -0.05) is 19.3 Å². The maximum absolute atomic E-state index is 13.1. The highest BCUT2D eigenvalue weighted by Crippen LogP contribution is 2.25. The molecule has 2 saturated heterocycles. The molecule has 1 N–H and O–H groups in total. The number of amides is 3. The Morgan fingerprint density at radius 2 is 1.87 bits per heavy atom. The highest BCUT2D eigenvalue weighted by Gasteiger charge is 2.38. The van der Waals surface area contributed by atoms with Crippen molar-refractivity contribution in [2.75, 3.05) is 19.6 Å². The van der Waals surface area contributed by atoms with Crippen molar-refractivity contribution in [3.8, 4) is 0 Å². The molecule has 1 aliphatic carbocycles. The van der Waals surface area contributed by atoms with E-state index in [0.29, 0.717) is 32.5 Å². The minimum absolute atomic E-state index is 0.0189. The van der Waals surface area contributed by atoms with Crippen LogP contribution < -0.4 is 5.32 Å². The summed E-state index contributed by atoms with van der Waals surface area (Å²) in [7, 11) is 0. The van der Waals surface area contributed by atoms with Gasteiger partial charge in [0.2, 0.25) is 17.7 Å². The van der Waals surface area contributed by atoms with Gasteiger partial charge in [-0.2, -0.15) is 0 Å². The maximum Gasteiger partial charge on any atom is 0.245 e. The Morgan fingerprint density at radius 1 is 1.10 bits per heavy atom. The monoisotopic (exact) mass is 414 g/mol. The van der Waals surface area contributed by atoms with Gasteiger partial charge < -0.3 is 19.9 Å². The third-order valence-electron chi connectivity index (χ3n) is 6.33. The second-order valence-electron chi connectivity index (χ2n) is 8.50. The number of carbonyl (C=O) groups is 3. The van der Waals surface area contributed by atoms with Crippen LogP contribution in [0.2, 0.25) is 0 Å².